The van der Waals surface area contributed by atoms with Crippen molar-refractivity contribution in [3.8, 4) is 0 Å². The van der Waals surface area contributed by atoms with E-state index in [-0.39, 0.29) is 13.0 Å². The van der Waals surface area contributed by atoms with Gasteiger partial charge in [0.25, 0.3) is 0 Å². The summed E-state index contributed by atoms with van der Waals surface area (Å²) in [5, 5.41) is 2.65. The first-order valence-corrected chi connectivity index (χ1v) is 10.2. The van der Waals surface area contributed by atoms with Gasteiger partial charge in [-0.3, -0.25) is 24.0 Å². The number of amides is 1. The van der Waals surface area contributed by atoms with E-state index in [2.05, 4.69) is 5.32 Å². The molecule has 0 saturated carbocycles. The molecule has 0 bridgehead atoms. The molecular weight excluding hydrogens is 438 g/mol. The van der Waals surface area contributed by atoms with Crippen LogP contribution in [0.5, 0.6) is 0 Å². The normalized spacial score (nSPS) is 24.2. The summed E-state index contributed by atoms with van der Waals surface area (Å²) in [6.45, 7) is 4.18. The second-order valence-electron chi connectivity index (χ2n) is 7.36. The second-order valence-corrected chi connectivity index (χ2v) is 7.36. The van der Waals surface area contributed by atoms with Gasteiger partial charge in [-0.2, -0.15) is 0 Å². The molecule has 0 aromatic heterocycles. The average molecular weight is 465 g/mol. The van der Waals surface area contributed by atoms with Gasteiger partial charge in [0.15, 0.2) is 12.2 Å². The molecule has 1 aliphatic rings. The average Bonchev–Trinajstić information content (AvgIpc) is 2.70. The lowest BCUT2D eigenvalue weighted by molar-refractivity contribution is -0.271. The maximum absolute atomic E-state index is 12.7. The van der Waals surface area contributed by atoms with Crippen LogP contribution in [0.25, 0.3) is 0 Å². The molecule has 1 aliphatic heterocycles. The van der Waals surface area contributed by atoms with Crippen molar-refractivity contribution in [3.05, 3.63) is 35.9 Å². The summed E-state index contributed by atoms with van der Waals surface area (Å²) in [7, 11) is 0. The molecule has 2 unspecified atom stereocenters. The van der Waals surface area contributed by atoms with Gasteiger partial charge >= 0.3 is 23.9 Å². The van der Waals surface area contributed by atoms with Gasteiger partial charge in [0.05, 0.1) is 6.42 Å². The highest BCUT2D eigenvalue weighted by molar-refractivity contribution is 5.79. The second kappa shape index (κ2) is 12.0. The zero-order chi connectivity index (χ0) is 24.5. The maximum Gasteiger partial charge on any atom is 0.305 e. The standard InChI is InChI=1S/C22H27NO10/c1-12(24)29-11-17-20(30-13(2)25)21(31-14(3)26)19(22(33-17)32-15(4)27)23-18(28)10-16-8-6-5-7-9-16/h5-9,17,19-22H,10-11H2,1-4H3,(H,23,28)/t17?,19-,20-,21+,22?/m0/s1. The summed E-state index contributed by atoms with van der Waals surface area (Å²) in [5.41, 5.74) is 0.712. The van der Waals surface area contributed by atoms with Crippen LogP contribution in [-0.2, 0) is 54.1 Å². The number of hydrogen-bond donors (Lipinski definition) is 1. The van der Waals surface area contributed by atoms with E-state index in [1.807, 2.05) is 0 Å². The van der Waals surface area contributed by atoms with Crippen LogP contribution in [0.4, 0.5) is 0 Å². The lowest BCUT2D eigenvalue weighted by Crippen LogP contribution is -2.67. The Labute approximate surface area is 190 Å². The van der Waals surface area contributed by atoms with E-state index in [9.17, 15) is 24.0 Å². The number of benzene rings is 1. The summed E-state index contributed by atoms with van der Waals surface area (Å²) in [6.07, 6.45) is -5.15. The number of hydrogen-bond acceptors (Lipinski definition) is 10. The maximum atomic E-state index is 12.7. The molecule has 1 heterocycles. The minimum atomic E-state index is -1.42. The third-order valence-electron chi connectivity index (χ3n) is 4.52. The van der Waals surface area contributed by atoms with Gasteiger partial charge in [-0.25, -0.2) is 0 Å². The van der Waals surface area contributed by atoms with Crippen LogP contribution in [0.1, 0.15) is 33.3 Å². The van der Waals surface area contributed by atoms with Crippen LogP contribution in [0.15, 0.2) is 30.3 Å². The van der Waals surface area contributed by atoms with Gasteiger partial charge in [0, 0.05) is 27.7 Å². The van der Waals surface area contributed by atoms with Crippen LogP contribution >= 0.6 is 0 Å². The monoisotopic (exact) mass is 465 g/mol. The number of carbonyl (C=O) groups excluding carboxylic acids is 5. The van der Waals surface area contributed by atoms with Crippen LogP contribution in [0.2, 0.25) is 0 Å². The predicted molar refractivity (Wildman–Crippen MR) is 110 cm³/mol. The predicted octanol–water partition coefficient (Wildman–Crippen LogP) is 0.428. The van der Waals surface area contributed by atoms with E-state index < -0.39 is 60.4 Å². The first-order chi connectivity index (χ1) is 15.6. The number of carbonyl (C=O) groups is 5. The van der Waals surface area contributed by atoms with E-state index in [0.717, 1.165) is 20.8 Å². The van der Waals surface area contributed by atoms with Gasteiger partial charge in [0.2, 0.25) is 12.2 Å². The highest BCUT2D eigenvalue weighted by Gasteiger charge is 2.52. The van der Waals surface area contributed by atoms with Crippen LogP contribution < -0.4 is 5.32 Å². The molecule has 180 valence electrons. The molecule has 1 aromatic carbocycles. The van der Waals surface area contributed by atoms with Gasteiger partial charge in [-0.05, 0) is 5.56 Å². The third kappa shape index (κ3) is 8.19. The molecule has 1 saturated heterocycles. The zero-order valence-electron chi connectivity index (χ0n) is 18.8. The van der Waals surface area contributed by atoms with E-state index in [1.54, 1.807) is 30.3 Å². The highest BCUT2D eigenvalue weighted by Crippen LogP contribution is 2.28. The topological polar surface area (TPSA) is 144 Å². The molecular formula is C22H27NO10. The first-order valence-electron chi connectivity index (χ1n) is 10.2. The third-order valence-corrected chi connectivity index (χ3v) is 4.52. The molecule has 0 spiro atoms. The smallest absolute Gasteiger partial charge is 0.305 e. The van der Waals surface area contributed by atoms with Gasteiger partial charge < -0.3 is 29.0 Å². The van der Waals surface area contributed by atoms with Crippen molar-refractivity contribution in [2.75, 3.05) is 6.61 Å². The Hall–Kier alpha value is -3.47. The van der Waals surface area contributed by atoms with Crippen molar-refractivity contribution in [2.45, 2.75) is 64.8 Å². The van der Waals surface area contributed by atoms with E-state index in [4.69, 9.17) is 23.7 Å². The summed E-state index contributed by atoms with van der Waals surface area (Å²) >= 11 is 0. The molecule has 0 aliphatic carbocycles. The Balaban J connectivity index is 2.37. The Morgan fingerprint density at radius 1 is 0.818 bits per heavy atom. The minimum absolute atomic E-state index is 0.0218. The molecule has 5 atom stereocenters. The molecule has 11 nitrogen and oxygen atoms in total. The summed E-state index contributed by atoms with van der Waals surface area (Å²) in [4.78, 5) is 59.4. The summed E-state index contributed by atoms with van der Waals surface area (Å²) < 4.78 is 26.6. The first kappa shape index (κ1) is 25.8. The fourth-order valence-corrected chi connectivity index (χ4v) is 3.34. The molecule has 33 heavy (non-hydrogen) atoms. The quantitative estimate of drug-likeness (QED) is 0.424. The zero-order valence-corrected chi connectivity index (χ0v) is 18.8. The van der Waals surface area contributed by atoms with Crippen LogP contribution in [-0.4, -0.2) is 67.0 Å². The molecule has 1 N–H and O–H groups in total. The van der Waals surface area contributed by atoms with Crippen molar-refractivity contribution in [1.82, 2.24) is 5.32 Å². The Kier molecular flexibility index (Phi) is 9.34. The minimum Gasteiger partial charge on any atom is -0.463 e. The van der Waals surface area contributed by atoms with Crippen molar-refractivity contribution in [3.63, 3.8) is 0 Å². The molecule has 1 amide bonds. The fraction of sp³-hybridized carbons (Fsp3) is 0.500. The molecule has 1 aromatic rings. The number of rotatable bonds is 8. The highest BCUT2D eigenvalue weighted by atomic mass is 16.7. The van der Waals surface area contributed by atoms with Gasteiger partial charge in [-0.15, -0.1) is 0 Å². The Bertz CT molecular complexity index is 871. The molecule has 0 radical (unpaired) electrons. The molecule has 2 rings (SSSR count). The van der Waals surface area contributed by atoms with Crippen molar-refractivity contribution >= 4 is 29.8 Å². The number of esters is 4. The summed E-state index contributed by atoms with van der Waals surface area (Å²) in [6, 6.07) is 7.63. The fourth-order valence-electron chi connectivity index (χ4n) is 3.34. The summed E-state index contributed by atoms with van der Waals surface area (Å²) in [5.74, 6) is -3.32. The van der Waals surface area contributed by atoms with Crippen molar-refractivity contribution in [1.29, 1.82) is 0 Å². The van der Waals surface area contributed by atoms with Gasteiger partial charge in [0.1, 0.15) is 18.8 Å². The molecule has 1 fully saturated rings. The Morgan fingerprint density at radius 2 is 1.39 bits per heavy atom. The van der Waals surface area contributed by atoms with Gasteiger partial charge in [-0.1, -0.05) is 30.3 Å². The number of ether oxygens (including phenoxy) is 5. The Morgan fingerprint density at radius 3 is 1.94 bits per heavy atom. The largest absolute Gasteiger partial charge is 0.463 e. The van der Waals surface area contributed by atoms with E-state index in [1.165, 1.54) is 6.92 Å². The number of nitrogens with one attached hydrogen (secondary N) is 1. The molecule has 11 heteroatoms. The van der Waals surface area contributed by atoms with Crippen molar-refractivity contribution < 1.29 is 47.7 Å². The van der Waals surface area contributed by atoms with E-state index >= 15 is 0 Å². The van der Waals surface area contributed by atoms with Crippen LogP contribution in [0.3, 0.4) is 0 Å². The van der Waals surface area contributed by atoms with E-state index in [0.29, 0.717) is 5.56 Å². The van der Waals surface area contributed by atoms with Crippen molar-refractivity contribution in [2.24, 2.45) is 0 Å². The lowest BCUT2D eigenvalue weighted by Gasteiger charge is -2.44. The SMILES string of the molecule is CC(=O)OCC1OC(OC(C)=O)[C@@H](NC(=O)Cc2ccccc2)[C@@H](OC(C)=O)[C@H]1OC(C)=O. The van der Waals surface area contributed by atoms with Crippen LogP contribution in [0, 0.1) is 0 Å². The lowest BCUT2D eigenvalue weighted by atomic mass is 9.95.